The van der Waals surface area contributed by atoms with Gasteiger partial charge in [0.15, 0.2) is 0 Å². The summed E-state index contributed by atoms with van der Waals surface area (Å²) in [4.78, 5) is 11.7. The van der Waals surface area contributed by atoms with E-state index in [4.69, 9.17) is 4.74 Å². The number of hydrogen-bond donors (Lipinski definition) is 2. The van der Waals surface area contributed by atoms with Gasteiger partial charge in [0.25, 0.3) is 0 Å². The summed E-state index contributed by atoms with van der Waals surface area (Å²) in [6.45, 7) is 4.53. The lowest BCUT2D eigenvalue weighted by atomic mass is 10.0. The van der Waals surface area contributed by atoms with E-state index in [9.17, 15) is 4.79 Å². The van der Waals surface area contributed by atoms with Crippen molar-refractivity contribution >= 4 is 17.8 Å². The van der Waals surface area contributed by atoms with Gasteiger partial charge in [-0.05, 0) is 31.4 Å². The molecular weight excluding hydrogens is 236 g/mol. The van der Waals surface area contributed by atoms with Crippen LogP contribution in [-0.2, 0) is 4.74 Å². The molecule has 17 heavy (non-hydrogen) atoms. The normalized spacial score (nSPS) is 18.7. The Morgan fingerprint density at radius 1 is 1.47 bits per heavy atom. The Labute approximate surface area is 108 Å². The zero-order valence-corrected chi connectivity index (χ0v) is 11.6. The van der Waals surface area contributed by atoms with E-state index in [1.165, 1.54) is 0 Å². The molecule has 0 aromatic carbocycles. The predicted molar refractivity (Wildman–Crippen MR) is 72.5 cm³/mol. The summed E-state index contributed by atoms with van der Waals surface area (Å²) in [5.41, 5.74) is 0. The van der Waals surface area contributed by atoms with Gasteiger partial charge in [-0.25, -0.2) is 4.79 Å². The lowest BCUT2D eigenvalue weighted by Crippen LogP contribution is -2.44. The number of carbonyl (C=O) groups is 1. The van der Waals surface area contributed by atoms with Gasteiger partial charge in [-0.15, -0.1) is 0 Å². The van der Waals surface area contributed by atoms with E-state index in [0.717, 1.165) is 44.8 Å². The SMILES string of the molecule is CCC(CSC)NC(=O)NCC1CCOCC1. The summed E-state index contributed by atoms with van der Waals surface area (Å²) >= 11 is 1.76. The molecular formula is C12H24N2O2S. The van der Waals surface area contributed by atoms with E-state index in [2.05, 4.69) is 23.8 Å². The van der Waals surface area contributed by atoms with Crippen LogP contribution in [0.25, 0.3) is 0 Å². The summed E-state index contributed by atoms with van der Waals surface area (Å²) in [5, 5.41) is 5.97. The Morgan fingerprint density at radius 2 is 2.18 bits per heavy atom. The lowest BCUT2D eigenvalue weighted by molar-refractivity contribution is 0.0669. The second-order valence-electron chi connectivity index (χ2n) is 4.47. The van der Waals surface area contributed by atoms with Gasteiger partial charge in [0.1, 0.15) is 0 Å². The van der Waals surface area contributed by atoms with Crippen LogP contribution in [0.4, 0.5) is 4.79 Å². The van der Waals surface area contributed by atoms with Gasteiger partial charge in [-0.3, -0.25) is 0 Å². The first-order valence-corrected chi connectivity index (χ1v) is 7.76. The number of rotatable bonds is 6. The molecule has 0 aliphatic carbocycles. The maximum absolute atomic E-state index is 11.7. The first-order valence-electron chi connectivity index (χ1n) is 6.37. The molecule has 1 aliphatic heterocycles. The average molecular weight is 260 g/mol. The first kappa shape index (κ1) is 14.6. The second-order valence-corrected chi connectivity index (χ2v) is 5.38. The highest BCUT2D eigenvalue weighted by atomic mass is 32.2. The summed E-state index contributed by atoms with van der Waals surface area (Å²) < 4.78 is 5.29. The Morgan fingerprint density at radius 3 is 2.76 bits per heavy atom. The molecule has 1 fully saturated rings. The monoisotopic (exact) mass is 260 g/mol. The Kier molecular flexibility index (Phi) is 7.44. The maximum Gasteiger partial charge on any atom is 0.315 e. The molecule has 2 N–H and O–H groups in total. The minimum Gasteiger partial charge on any atom is -0.381 e. The Hall–Kier alpha value is -0.420. The van der Waals surface area contributed by atoms with Crippen LogP contribution in [0.5, 0.6) is 0 Å². The molecule has 1 unspecified atom stereocenters. The quantitative estimate of drug-likeness (QED) is 0.766. The van der Waals surface area contributed by atoms with Crippen LogP contribution in [0.2, 0.25) is 0 Å². The van der Waals surface area contributed by atoms with Crippen molar-refractivity contribution < 1.29 is 9.53 Å². The van der Waals surface area contributed by atoms with Crippen LogP contribution in [-0.4, -0.2) is 43.8 Å². The molecule has 1 aliphatic rings. The summed E-state index contributed by atoms with van der Waals surface area (Å²) in [6.07, 6.45) is 5.15. The van der Waals surface area contributed by atoms with Crippen molar-refractivity contribution in [2.45, 2.75) is 32.2 Å². The maximum atomic E-state index is 11.7. The molecule has 1 heterocycles. The summed E-state index contributed by atoms with van der Waals surface area (Å²) in [7, 11) is 0. The molecule has 0 aromatic heterocycles. The van der Waals surface area contributed by atoms with Gasteiger partial charge < -0.3 is 15.4 Å². The van der Waals surface area contributed by atoms with E-state index >= 15 is 0 Å². The van der Waals surface area contributed by atoms with Gasteiger partial charge in [-0.2, -0.15) is 11.8 Å². The summed E-state index contributed by atoms with van der Waals surface area (Å²) in [6, 6.07) is 0.247. The number of nitrogens with one attached hydrogen (secondary N) is 2. The van der Waals surface area contributed by atoms with Gasteiger partial charge >= 0.3 is 6.03 Å². The van der Waals surface area contributed by atoms with Gasteiger partial charge in [-0.1, -0.05) is 6.92 Å². The van der Waals surface area contributed by atoms with Crippen molar-refractivity contribution in [3.8, 4) is 0 Å². The Bertz CT molecular complexity index is 221. The zero-order chi connectivity index (χ0) is 12.5. The fraction of sp³-hybridized carbons (Fsp3) is 0.917. The van der Waals surface area contributed by atoms with Crippen LogP contribution in [0.3, 0.4) is 0 Å². The lowest BCUT2D eigenvalue weighted by Gasteiger charge is -2.23. The average Bonchev–Trinajstić information content (AvgIpc) is 2.37. The van der Waals surface area contributed by atoms with Crippen LogP contribution >= 0.6 is 11.8 Å². The van der Waals surface area contributed by atoms with Gasteiger partial charge in [0.2, 0.25) is 0 Å². The first-order chi connectivity index (χ1) is 8.26. The summed E-state index contributed by atoms with van der Waals surface area (Å²) in [5.74, 6) is 1.55. The largest absolute Gasteiger partial charge is 0.381 e. The standard InChI is InChI=1S/C12H24N2O2S/c1-3-11(9-17-2)14-12(15)13-8-10-4-6-16-7-5-10/h10-11H,3-9H2,1-2H3,(H2,13,14,15). The molecule has 1 atom stereocenters. The van der Waals surface area contributed by atoms with Crippen molar-refractivity contribution in [1.29, 1.82) is 0 Å². The predicted octanol–water partition coefficient (Wildman–Crippen LogP) is 1.85. The zero-order valence-electron chi connectivity index (χ0n) is 10.8. The van der Waals surface area contributed by atoms with E-state index in [0.29, 0.717) is 5.92 Å². The van der Waals surface area contributed by atoms with Gasteiger partial charge in [0, 0.05) is 31.6 Å². The minimum atomic E-state index is -0.0302. The van der Waals surface area contributed by atoms with E-state index < -0.39 is 0 Å². The van der Waals surface area contributed by atoms with Crippen LogP contribution in [0.15, 0.2) is 0 Å². The topological polar surface area (TPSA) is 50.4 Å². The third kappa shape index (κ3) is 6.17. The molecule has 5 heteroatoms. The molecule has 1 rings (SSSR count). The van der Waals surface area contributed by atoms with Crippen molar-refractivity contribution in [2.75, 3.05) is 31.8 Å². The number of carbonyl (C=O) groups excluding carboxylic acids is 1. The van der Waals surface area contributed by atoms with Crippen LogP contribution < -0.4 is 10.6 Å². The van der Waals surface area contributed by atoms with E-state index in [-0.39, 0.29) is 12.1 Å². The fourth-order valence-electron chi connectivity index (χ4n) is 1.89. The van der Waals surface area contributed by atoms with E-state index in [1.54, 1.807) is 11.8 Å². The molecule has 4 nitrogen and oxygen atoms in total. The fourth-order valence-corrected chi connectivity index (χ4v) is 2.61. The second kappa shape index (κ2) is 8.64. The molecule has 0 radical (unpaired) electrons. The molecule has 1 saturated heterocycles. The molecule has 100 valence electrons. The Balaban J connectivity index is 2.14. The molecule has 0 saturated carbocycles. The van der Waals surface area contributed by atoms with Crippen LogP contribution in [0, 0.1) is 5.92 Å². The third-order valence-electron chi connectivity index (χ3n) is 3.09. The molecule has 2 amide bonds. The van der Waals surface area contributed by atoms with Crippen molar-refractivity contribution in [2.24, 2.45) is 5.92 Å². The third-order valence-corrected chi connectivity index (χ3v) is 3.82. The number of amides is 2. The number of ether oxygens (including phenoxy) is 1. The minimum absolute atomic E-state index is 0.0302. The van der Waals surface area contributed by atoms with E-state index in [1.807, 2.05) is 0 Å². The smallest absolute Gasteiger partial charge is 0.315 e. The van der Waals surface area contributed by atoms with Crippen molar-refractivity contribution in [3.63, 3.8) is 0 Å². The number of urea groups is 1. The highest BCUT2D eigenvalue weighted by Gasteiger charge is 2.15. The van der Waals surface area contributed by atoms with Crippen LogP contribution in [0.1, 0.15) is 26.2 Å². The van der Waals surface area contributed by atoms with Gasteiger partial charge in [0.05, 0.1) is 0 Å². The van der Waals surface area contributed by atoms with Crippen molar-refractivity contribution in [3.05, 3.63) is 0 Å². The number of thioether (sulfide) groups is 1. The number of hydrogen-bond acceptors (Lipinski definition) is 3. The highest BCUT2D eigenvalue weighted by Crippen LogP contribution is 2.13. The highest BCUT2D eigenvalue weighted by molar-refractivity contribution is 7.98. The molecule has 0 spiro atoms. The molecule has 0 aromatic rings. The van der Waals surface area contributed by atoms with Crippen molar-refractivity contribution in [1.82, 2.24) is 10.6 Å². The molecule has 0 bridgehead atoms.